The second kappa shape index (κ2) is 4.97. The summed E-state index contributed by atoms with van der Waals surface area (Å²) in [6.45, 7) is 2.16. The van der Waals surface area contributed by atoms with E-state index in [9.17, 15) is 0 Å². The van der Waals surface area contributed by atoms with E-state index in [1.807, 2.05) is 12.1 Å². The average molecular weight is 293 g/mol. The number of anilines is 1. The first-order chi connectivity index (χ1) is 8.19. The monoisotopic (exact) mass is 292 g/mol. The molecule has 5 nitrogen and oxygen atoms in total. The van der Waals surface area contributed by atoms with Gasteiger partial charge in [-0.1, -0.05) is 21.1 Å². The van der Waals surface area contributed by atoms with Crippen molar-refractivity contribution in [3.8, 4) is 6.07 Å². The van der Waals surface area contributed by atoms with Crippen molar-refractivity contribution in [1.82, 2.24) is 10.1 Å². The van der Waals surface area contributed by atoms with E-state index in [1.165, 1.54) is 0 Å². The summed E-state index contributed by atoms with van der Waals surface area (Å²) < 4.78 is 5.84. The van der Waals surface area contributed by atoms with Crippen LogP contribution < -0.4 is 5.32 Å². The number of aryl methyl sites for hydroxylation is 1. The van der Waals surface area contributed by atoms with E-state index in [1.54, 1.807) is 13.0 Å². The van der Waals surface area contributed by atoms with Crippen molar-refractivity contribution in [1.29, 1.82) is 5.26 Å². The highest BCUT2D eigenvalue weighted by Gasteiger charge is 2.05. The van der Waals surface area contributed by atoms with Gasteiger partial charge in [-0.25, -0.2) is 0 Å². The molecule has 1 heterocycles. The van der Waals surface area contributed by atoms with Gasteiger partial charge >= 0.3 is 0 Å². The molecule has 1 N–H and O–H groups in total. The first-order valence-corrected chi connectivity index (χ1v) is 5.71. The van der Waals surface area contributed by atoms with Gasteiger partial charge in [0.05, 0.1) is 17.8 Å². The van der Waals surface area contributed by atoms with Crippen LogP contribution in [0, 0.1) is 18.3 Å². The highest BCUT2D eigenvalue weighted by molar-refractivity contribution is 9.10. The molecule has 0 spiro atoms. The van der Waals surface area contributed by atoms with Gasteiger partial charge in [-0.3, -0.25) is 0 Å². The van der Waals surface area contributed by atoms with E-state index >= 15 is 0 Å². The molecule has 0 aliphatic heterocycles. The van der Waals surface area contributed by atoms with Crippen LogP contribution in [0.2, 0.25) is 0 Å². The molecule has 0 aliphatic rings. The third-order valence-electron chi connectivity index (χ3n) is 2.10. The van der Waals surface area contributed by atoms with Crippen molar-refractivity contribution in [2.24, 2.45) is 0 Å². The molecule has 0 fully saturated rings. The Bertz CT molecular complexity index is 573. The van der Waals surface area contributed by atoms with Crippen molar-refractivity contribution in [3.05, 3.63) is 40.0 Å². The number of benzene rings is 1. The van der Waals surface area contributed by atoms with E-state index in [2.05, 4.69) is 37.5 Å². The first kappa shape index (κ1) is 11.6. The van der Waals surface area contributed by atoms with Gasteiger partial charge in [-0.2, -0.15) is 10.2 Å². The van der Waals surface area contributed by atoms with Gasteiger partial charge in [0.25, 0.3) is 0 Å². The molecule has 0 saturated carbocycles. The highest BCUT2D eigenvalue weighted by Crippen LogP contribution is 2.20. The molecular formula is C11H9BrN4O. The Balaban J connectivity index is 2.12. The molecule has 2 rings (SSSR count). The largest absolute Gasteiger partial charge is 0.375 e. The second-order valence-corrected chi connectivity index (χ2v) is 4.31. The summed E-state index contributed by atoms with van der Waals surface area (Å²) in [7, 11) is 0. The topological polar surface area (TPSA) is 74.7 Å². The van der Waals surface area contributed by atoms with Crippen LogP contribution in [-0.2, 0) is 6.54 Å². The van der Waals surface area contributed by atoms with Gasteiger partial charge < -0.3 is 9.84 Å². The zero-order valence-electron chi connectivity index (χ0n) is 9.07. The smallest absolute Gasteiger partial charge is 0.245 e. The van der Waals surface area contributed by atoms with Crippen LogP contribution in [0.4, 0.5) is 5.69 Å². The number of nitrogens with zero attached hydrogens (tertiary/aromatic N) is 3. The molecule has 0 atom stereocenters. The number of halogens is 1. The fourth-order valence-electron chi connectivity index (χ4n) is 1.35. The van der Waals surface area contributed by atoms with Crippen molar-refractivity contribution < 1.29 is 4.52 Å². The SMILES string of the molecule is Cc1noc(CNc2ccc(Br)cc2C#N)n1. The van der Waals surface area contributed by atoms with Crippen molar-refractivity contribution in [2.45, 2.75) is 13.5 Å². The summed E-state index contributed by atoms with van der Waals surface area (Å²) in [5, 5.41) is 15.8. The van der Waals surface area contributed by atoms with Crippen LogP contribution in [0.5, 0.6) is 0 Å². The molecule has 0 saturated heterocycles. The quantitative estimate of drug-likeness (QED) is 0.941. The summed E-state index contributed by atoms with van der Waals surface area (Å²) in [6.07, 6.45) is 0. The van der Waals surface area contributed by atoms with Gasteiger partial charge in [0, 0.05) is 4.47 Å². The number of nitrogens with one attached hydrogen (secondary N) is 1. The molecule has 0 unspecified atom stereocenters. The van der Waals surface area contributed by atoms with Crippen LogP contribution in [0.3, 0.4) is 0 Å². The summed E-state index contributed by atoms with van der Waals surface area (Å²) in [5.41, 5.74) is 1.31. The van der Waals surface area contributed by atoms with Crippen molar-refractivity contribution in [3.63, 3.8) is 0 Å². The molecular weight excluding hydrogens is 284 g/mol. The Morgan fingerprint density at radius 1 is 1.53 bits per heavy atom. The maximum atomic E-state index is 8.98. The summed E-state index contributed by atoms with van der Waals surface area (Å²) in [6, 6.07) is 7.56. The lowest BCUT2D eigenvalue weighted by Gasteiger charge is -2.05. The number of aromatic nitrogens is 2. The van der Waals surface area contributed by atoms with Crippen LogP contribution in [-0.4, -0.2) is 10.1 Å². The maximum Gasteiger partial charge on any atom is 0.245 e. The molecule has 2 aromatic rings. The molecule has 6 heteroatoms. The van der Waals surface area contributed by atoms with E-state index in [0.717, 1.165) is 10.2 Å². The van der Waals surface area contributed by atoms with E-state index < -0.39 is 0 Å². The lowest BCUT2D eigenvalue weighted by molar-refractivity contribution is 0.379. The highest BCUT2D eigenvalue weighted by atomic mass is 79.9. The summed E-state index contributed by atoms with van der Waals surface area (Å²) in [4.78, 5) is 4.07. The van der Waals surface area contributed by atoms with Gasteiger partial charge in [-0.15, -0.1) is 0 Å². The zero-order valence-corrected chi connectivity index (χ0v) is 10.7. The Labute approximate surface area is 107 Å². The minimum Gasteiger partial charge on any atom is -0.375 e. The predicted molar refractivity (Wildman–Crippen MR) is 65.2 cm³/mol. The first-order valence-electron chi connectivity index (χ1n) is 4.92. The summed E-state index contributed by atoms with van der Waals surface area (Å²) >= 11 is 3.32. The van der Waals surface area contributed by atoms with E-state index in [4.69, 9.17) is 9.78 Å². The van der Waals surface area contributed by atoms with E-state index in [0.29, 0.717) is 23.8 Å². The molecule has 1 aromatic carbocycles. The van der Waals surface area contributed by atoms with Gasteiger partial charge in [0.15, 0.2) is 5.82 Å². The minimum absolute atomic E-state index is 0.400. The number of hydrogen-bond acceptors (Lipinski definition) is 5. The Morgan fingerprint density at radius 3 is 3.00 bits per heavy atom. The normalized spacial score (nSPS) is 9.94. The predicted octanol–water partition coefficient (Wildman–Crippen LogP) is 2.62. The van der Waals surface area contributed by atoms with Crippen LogP contribution in [0.1, 0.15) is 17.3 Å². The lowest BCUT2D eigenvalue weighted by Crippen LogP contribution is -2.01. The second-order valence-electron chi connectivity index (χ2n) is 3.39. The minimum atomic E-state index is 0.400. The third-order valence-corrected chi connectivity index (χ3v) is 2.60. The average Bonchev–Trinajstić information content (AvgIpc) is 2.73. The maximum absolute atomic E-state index is 8.98. The van der Waals surface area contributed by atoms with Gasteiger partial charge in [0.2, 0.25) is 5.89 Å². The Morgan fingerprint density at radius 2 is 2.35 bits per heavy atom. The number of rotatable bonds is 3. The zero-order chi connectivity index (χ0) is 12.3. The molecule has 17 heavy (non-hydrogen) atoms. The van der Waals surface area contributed by atoms with Gasteiger partial charge in [0.1, 0.15) is 6.07 Å². The number of hydrogen-bond donors (Lipinski definition) is 1. The fraction of sp³-hybridized carbons (Fsp3) is 0.182. The Kier molecular flexibility index (Phi) is 3.40. The number of nitriles is 1. The van der Waals surface area contributed by atoms with E-state index in [-0.39, 0.29) is 0 Å². The van der Waals surface area contributed by atoms with Crippen LogP contribution >= 0.6 is 15.9 Å². The summed E-state index contributed by atoms with van der Waals surface area (Å²) in [5.74, 6) is 1.09. The van der Waals surface area contributed by atoms with Crippen LogP contribution in [0.15, 0.2) is 27.2 Å². The standard InChI is InChI=1S/C11H9BrN4O/c1-7-15-11(17-16-7)6-14-10-3-2-9(12)4-8(10)5-13/h2-4,14H,6H2,1H3. The lowest BCUT2D eigenvalue weighted by atomic mass is 10.2. The van der Waals surface area contributed by atoms with Crippen molar-refractivity contribution in [2.75, 3.05) is 5.32 Å². The van der Waals surface area contributed by atoms with Crippen LogP contribution in [0.25, 0.3) is 0 Å². The molecule has 0 amide bonds. The third kappa shape index (κ3) is 2.82. The fourth-order valence-corrected chi connectivity index (χ4v) is 1.71. The Hall–Kier alpha value is -1.87. The van der Waals surface area contributed by atoms with Gasteiger partial charge in [-0.05, 0) is 25.1 Å². The molecule has 1 aromatic heterocycles. The molecule has 0 aliphatic carbocycles. The molecule has 0 bridgehead atoms. The molecule has 86 valence electrons. The van der Waals surface area contributed by atoms with Crippen molar-refractivity contribution >= 4 is 21.6 Å². The molecule has 0 radical (unpaired) electrons.